The van der Waals surface area contributed by atoms with E-state index in [1.807, 2.05) is 63.2 Å². The van der Waals surface area contributed by atoms with E-state index in [4.69, 9.17) is 16.3 Å². The minimum absolute atomic E-state index is 0.124. The normalized spacial score (nSPS) is 25.7. The number of hydrogen-bond donors (Lipinski definition) is 0. The summed E-state index contributed by atoms with van der Waals surface area (Å²) in [5.41, 5.74) is 0.544. The quantitative estimate of drug-likeness (QED) is 0.544. The summed E-state index contributed by atoms with van der Waals surface area (Å²) in [6, 6.07) is 7.92. The van der Waals surface area contributed by atoms with E-state index < -0.39 is 16.8 Å². The number of carbonyl (C=O) groups excluding carboxylic acids is 1. The highest BCUT2D eigenvalue weighted by atomic mass is 35.5. The van der Waals surface area contributed by atoms with Gasteiger partial charge in [-0.05, 0) is 71.6 Å². The third kappa shape index (κ3) is 5.16. The summed E-state index contributed by atoms with van der Waals surface area (Å²) in [4.78, 5) is 12.5. The zero-order valence-electron chi connectivity index (χ0n) is 16.4. The molecular weight excluding hydrogens is 370 g/mol. The molecule has 1 aromatic carbocycles. The monoisotopic (exact) mass is 399 g/mol. The minimum atomic E-state index is -1.20. The van der Waals surface area contributed by atoms with Crippen LogP contribution in [-0.2, 0) is 27.3 Å². The van der Waals surface area contributed by atoms with E-state index in [2.05, 4.69) is 0 Å². The Bertz CT molecular complexity index is 616. The number of rotatable bonds is 5. The highest BCUT2D eigenvalue weighted by Gasteiger charge is 2.49. The van der Waals surface area contributed by atoms with Gasteiger partial charge in [0.05, 0.1) is 24.6 Å². The maximum absolute atomic E-state index is 13.2. The largest absolute Gasteiger partial charge is 0.597 e. The van der Waals surface area contributed by atoms with Gasteiger partial charge in [0, 0.05) is 16.4 Å². The molecular formula is C20H30ClNO3S. The molecule has 2 unspecified atom stereocenters. The third-order valence-electron chi connectivity index (χ3n) is 4.83. The molecule has 0 N–H and O–H groups in total. The number of carbonyl (C=O) groups is 1. The van der Waals surface area contributed by atoms with Crippen molar-refractivity contribution in [3.8, 4) is 0 Å². The lowest BCUT2D eigenvalue weighted by molar-refractivity contribution is -0.157. The van der Waals surface area contributed by atoms with E-state index in [-0.39, 0.29) is 16.8 Å². The van der Waals surface area contributed by atoms with Crippen molar-refractivity contribution in [1.82, 2.24) is 4.31 Å². The number of piperidine rings is 1. The van der Waals surface area contributed by atoms with E-state index >= 15 is 0 Å². The van der Waals surface area contributed by atoms with Crippen LogP contribution in [0.5, 0.6) is 0 Å². The van der Waals surface area contributed by atoms with E-state index in [1.165, 1.54) is 0 Å². The van der Waals surface area contributed by atoms with Crippen molar-refractivity contribution in [2.75, 3.05) is 13.2 Å². The Hall–Kier alpha value is -0.750. The lowest BCUT2D eigenvalue weighted by atomic mass is 9.79. The van der Waals surface area contributed by atoms with Crippen molar-refractivity contribution in [3.63, 3.8) is 0 Å². The van der Waals surface area contributed by atoms with Crippen molar-refractivity contribution < 1.29 is 14.1 Å². The van der Waals surface area contributed by atoms with Gasteiger partial charge in [0.1, 0.15) is 4.75 Å². The average molecular weight is 400 g/mol. The third-order valence-corrected chi connectivity index (χ3v) is 6.98. The molecule has 0 radical (unpaired) electrons. The van der Waals surface area contributed by atoms with Crippen molar-refractivity contribution in [2.45, 2.75) is 64.7 Å². The molecule has 6 heteroatoms. The van der Waals surface area contributed by atoms with Crippen LogP contribution in [0.1, 0.15) is 53.0 Å². The molecule has 0 saturated carbocycles. The molecule has 1 aliphatic rings. The van der Waals surface area contributed by atoms with Crippen molar-refractivity contribution in [1.29, 1.82) is 0 Å². The van der Waals surface area contributed by atoms with Gasteiger partial charge < -0.3 is 9.29 Å². The molecule has 2 rings (SSSR count). The number of benzene rings is 1. The van der Waals surface area contributed by atoms with E-state index in [1.54, 1.807) is 0 Å². The molecule has 1 saturated heterocycles. The topological polar surface area (TPSA) is 52.6 Å². The van der Waals surface area contributed by atoms with Gasteiger partial charge in [-0.15, -0.1) is 4.31 Å². The fraction of sp³-hybridized carbons (Fsp3) is 0.650. The molecule has 26 heavy (non-hydrogen) atoms. The number of hydrogen-bond acceptors (Lipinski definition) is 4. The maximum Gasteiger partial charge on any atom is 0.313 e. The summed E-state index contributed by atoms with van der Waals surface area (Å²) in [6.07, 6.45) is 2.33. The second-order valence-electron chi connectivity index (χ2n) is 8.24. The van der Waals surface area contributed by atoms with Crippen LogP contribution < -0.4 is 0 Å². The molecule has 0 amide bonds. The summed E-state index contributed by atoms with van der Waals surface area (Å²) < 4.78 is 20.1. The Balaban J connectivity index is 2.24. The van der Waals surface area contributed by atoms with Crippen LogP contribution in [0.4, 0.5) is 0 Å². The Morgan fingerprint density at radius 1 is 1.38 bits per heavy atom. The molecule has 4 nitrogen and oxygen atoms in total. The Kier molecular flexibility index (Phi) is 7.05. The predicted octanol–water partition coefficient (Wildman–Crippen LogP) is 4.38. The molecule has 146 valence electrons. The first-order chi connectivity index (χ1) is 12.1. The van der Waals surface area contributed by atoms with Crippen LogP contribution in [0.3, 0.4) is 0 Å². The van der Waals surface area contributed by atoms with Crippen LogP contribution in [0.25, 0.3) is 0 Å². The highest BCUT2D eigenvalue weighted by molar-refractivity contribution is 7.90. The van der Waals surface area contributed by atoms with Gasteiger partial charge in [-0.2, -0.15) is 0 Å². The van der Waals surface area contributed by atoms with Crippen molar-refractivity contribution >= 4 is 28.9 Å². The highest BCUT2D eigenvalue weighted by Crippen LogP contribution is 2.39. The molecule has 1 aliphatic heterocycles. The van der Waals surface area contributed by atoms with Gasteiger partial charge in [0.2, 0.25) is 0 Å². The molecule has 0 spiro atoms. The molecule has 1 fully saturated rings. The summed E-state index contributed by atoms with van der Waals surface area (Å²) in [6.45, 7) is 10.5. The molecule has 0 aliphatic carbocycles. The zero-order valence-corrected chi connectivity index (χ0v) is 18.0. The average Bonchev–Trinajstić information content (AvgIpc) is 2.57. The summed E-state index contributed by atoms with van der Waals surface area (Å²) in [5, 5.41) is 0.711. The van der Waals surface area contributed by atoms with Gasteiger partial charge in [-0.1, -0.05) is 23.7 Å². The van der Waals surface area contributed by atoms with Crippen LogP contribution in [0, 0.1) is 5.41 Å². The predicted molar refractivity (Wildman–Crippen MR) is 108 cm³/mol. The molecule has 0 bridgehead atoms. The van der Waals surface area contributed by atoms with E-state index in [9.17, 15) is 9.35 Å². The molecule has 0 aromatic heterocycles. The fourth-order valence-corrected chi connectivity index (χ4v) is 4.98. The zero-order chi connectivity index (χ0) is 19.5. The summed E-state index contributed by atoms with van der Waals surface area (Å²) in [7, 11) is 0. The molecule has 1 heterocycles. The number of nitrogens with zero attached hydrogens (tertiary/aromatic N) is 1. The van der Waals surface area contributed by atoms with E-state index in [0.29, 0.717) is 18.2 Å². The first kappa shape index (κ1) is 21.5. The first-order valence-corrected chi connectivity index (χ1v) is 10.7. The van der Waals surface area contributed by atoms with Crippen LogP contribution in [0.15, 0.2) is 24.3 Å². The fourth-order valence-electron chi connectivity index (χ4n) is 3.30. The number of ether oxygens (including phenoxy) is 1. The SMILES string of the molecule is CCOC(=O)C1(C)CCC(Cc2ccc(Cl)cc2)N([S@@+]([O-])C(C)(C)C)C1. The Labute approximate surface area is 165 Å². The van der Waals surface area contributed by atoms with Crippen LogP contribution >= 0.6 is 11.6 Å². The first-order valence-electron chi connectivity index (χ1n) is 9.17. The number of esters is 1. The minimum Gasteiger partial charge on any atom is -0.597 e. The van der Waals surface area contributed by atoms with Gasteiger partial charge in [-0.3, -0.25) is 4.79 Å². The van der Waals surface area contributed by atoms with Crippen molar-refractivity contribution in [3.05, 3.63) is 34.9 Å². The van der Waals surface area contributed by atoms with Crippen molar-refractivity contribution in [2.24, 2.45) is 5.41 Å². The van der Waals surface area contributed by atoms with Crippen LogP contribution in [0.2, 0.25) is 5.02 Å². The summed E-state index contributed by atoms with van der Waals surface area (Å²) >= 11 is 4.79. The summed E-state index contributed by atoms with van der Waals surface area (Å²) in [5.74, 6) is -0.194. The number of halogens is 1. The lowest BCUT2D eigenvalue weighted by Gasteiger charge is -2.45. The van der Waals surface area contributed by atoms with Crippen LogP contribution in [-0.4, -0.2) is 38.8 Å². The Morgan fingerprint density at radius 2 is 2.00 bits per heavy atom. The van der Waals surface area contributed by atoms with Gasteiger partial charge in [0.25, 0.3) is 0 Å². The van der Waals surface area contributed by atoms with E-state index in [0.717, 1.165) is 24.8 Å². The smallest absolute Gasteiger partial charge is 0.313 e. The second-order valence-corrected chi connectivity index (χ2v) is 10.9. The van der Waals surface area contributed by atoms with Gasteiger partial charge in [0.15, 0.2) is 0 Å². The standard InChI is InChI=1S/C20H30ClNO3S/c1-6-25-18(23)20(5)12-11-17(13-15-7-9-16(21)10-8-15)22(14-20)26(24)19(2,3)4/h7-10,17H,6,11-14H2,1-5H3/t17?,20?,26-/m0/s1. The van der Waals surface area contributed by atoms with Gasteiger partial charge >= 0.3 is 5.97 Å². The maximum atomic E-state index is 13.2. The molecule has 1 aromatic rings. The van der Waals surface area contributed by atoms with Gasteiger partial charge in [-0.25, -0.2) is 0 Å². The lowest BCUT2D eigenvalue weighted by Crippen LogP contribution is -2.57. The molecule has 3 atom stereocenters. The second kappa shape index (κ2) is 8.51. The Morgan fingerprint density at radius 3 is 2.54 bits per heavy atom.